The van der Waals surface area contributed by atoms with Crippen LogP contribution in [-0.2, 0) is 10.1 Å². The third kappa shape index (κ3) is 2.59. The van der Waals surface area contributed by atoms with Gasteiger partial charge in [-0.3, -0.25) is 0 Å². The largest absolute Gasteiger partial charge is 0.490 e. The zero-order valence-corrected chi connectivity index (χ0v) is 8.47. The van der Waals surface area contributed by atoms with Gasteiger partial charge in [-0.2, -0.15) is 8.42 Å². The van der Waals surface area contributed by atoms with Crippen LogP contribution in [-0.4, -0.2) is 21.8 Å². The van der Waals surface area contributed by atoms with Crippen LogP contribution in [0.5, 0.6) is 11.5 Å². The van der Waals surface area contributed by atoms with E-state index in [9.17, 15) is 12.8 Å². The van der Waals surface area contributed by atoms with Crippen LogP contribution in [0.4, 0.5) is 4.39 Å². The molecule has 0 aliphatic carbocycles. The molecule has 78 valence electrons. The molecule has 0 unspecified atom stereocenters. The van der Waals surface area contributed by atoms with Crippen molar-refractivity contribution in [3.63, 3.8) is 0 Å². The number of methoxy groups -OCH3 is 1. The van der Waals surface area contributed by atoms with Crippen molar-refractivity contribution in [2.24, 2.45) is 0 Å². The molecule has 0 N–H and O–H groups in total. The second kappa shape index (κ2) is 3.83. The van der Waals surface area contributed by atoms with E-state index < -0.39 is 15.9 Å². The maximum Gasteiger partial charge on any atom is 0.306 e. The molecule has 0 spiro atoms. The fraction of sp³-hybridized carbons (Fsp3) is 0.250. The SMILES string of the molecule is COc1c(F)cccc1OS(C)(=O)=O. The van der Waals surface area contributed by atoms with Gasteiger partial charge in [0.05, 0.1) is 13.4 Å². The Balaban J connectivity index is 3.15. The molecule has 14 heavy (non-hydrogen) atoms. The van der Waals surface area contributed by atoms with Gasteiger partial charge in [-0.25, -0.2) is 4.39 Å². The zero-order valence-electron chi connectivity index (χ0n) is 7.65. The molecule has 0 aromatic heterocycles. The van der Waals surface area contributed by atoms with E-state index in [1.807, 2.05) is 0 Å². The third-order valence-corrected chi connectivity index (χ3v) is 1.86. The van der Waals surface area contributed by atoms with Crippen LogP contribution in [0.3, 0.4) is 0 Å². The molecule has 0 saturated heterocycles. The minimum Gasteiger partial charge on any atom is -0.490 e. The summed E-state index contributed by atoms with van der Waals surface area (Å²) in [5, 5.41) is 0. The van der Waals surface area contributed by atoms with Crippen molar-refractivity contribution >= 4 is 10.1 Å². The molecule has 4 nitrogen and oxygen atoms in total. The molecule has 0 aliphatic rings. The Hall–Kier alpha value is -1.30. The van der Waals surface area contributed by atoms with Crippen molar-refractivity contribution in [2.45, 2.75) is 0 Å². The summed E-state index contributed by atoms with van der Waals surface area (Å²) >= 11 is 0. The van der Waals surface area contributed by atoms with Gasteiger partial charge in [-0.05, 0) is 12.1 Å². The second-order valence-corrected chi connectivity index (χ2v) is 4.13. The molecule has 6 heteroatoms. The van der Waals surface area contributed by atoms with E-state index >= 15 is 0 Å². The normalized spacial score (nSPS) is 11.1. The average molecular weight is 220 g/mol. The van der Waals surface area contributed by atoms with E-state index in [4.69, 9.17) is 0 Å². The van der Waals surface area contributed by atoms with Crippen LogP contribution in [0.2, 0.25) is 0 Å². The first-order valence-electron chi connectivity index (χ1n) is 3.66. The molecule has 0 heterocycles. The topological polar surface area (TPSA) is 52.6 Å². The molecule has 0 aliphatic heterocycles. The van der Waals surface area contributed by atoms with Crippen LogP contribution < -0.4 is 8.92 Å². The monoisotopic (exact) mass is 220 g/mol. The first kappa shape index (κ1) is 10.8. The highest BCUT2D eigenvalue weighted by molar-refractivity contribution is 7.86. The molecule has 1 aromatic rings. The summed E-state index contributed by atoms with van der Waals surface area (Å²) in [6, 6.07) is 3.79. The Labute approximate surface area is 81.4 Å². The van der Waals surface area contributed by atoms with E-state index in [0.717, 1.165) is 12.3 Å². The Morgan fingerprint density at radius 1 is 1.36 bits per heavy atom. The lowest BCUT2D eigenvalue weighted by molar-refractivity contribution is 0.366. The Morgan fingerprint density at radius 3 is 2.50 bits per heavy atom. The van der Waals surface area contributed by atoms with E-state index in [1.54, 1.807) is 0 Å². The Bertz CT molecular complexity index is 427. The Kier molecular flexibility index (Phi) is 2.95. The van der Waals surface area contributed by atoms with Gasteiger partial charge in [0.25, 0.3) is 0 Å². The molecule has 0 bridgehead atoms. The predicted octanol–water partition coefficient (Wildman–Crippen LogP) is 1.17. The number of halogens is 1. The van der Waals surface area contributed by atoms with Crippen LogP contribution in [0.15, 0.2) is 18.2 Å². The van der Waals surface area contributed by atoms with E-state index in [1.165, 1.54) is 19.2 Å². The summed E-state index contributed by atoms with van der Waals surface area (Å²) in [6.07, 6.45) is 0.872. The summed E-state index contributed by atoms with van der Waals surface area (Å²) in [6.45, 7) is 0. The smallest absolute Gasteiger partial charge is 0.306 e. The van der Waals surface area contributed by atoms with Gasteiger partial charge in [0, 0.05) is 0 Å². The van der Waals surface area contributed by atoms with E-state index in [-0.39, 0.29) is 11.5 Å². The summed E-state index contributed by atoms with van der Waals surface area (Å²) in [5.41, 5.74) is 0. The highest BCUT2D eigenvalue weighted by atomic mass is 32.2. The fourth-order valence-corrected chi connectivity index (χ4v) is 1.37. The summed E-state index contributed by atoms with van der Waals surface area (Å²) in [7, 11) is -2.44. The quantitative estimate of drug-likeness (QED) is 0.717. The molecule has 0 saturated carbocycles. The number of ether oxygens (including phenoxy) is 1. The summed E-state index contributed by atoms with van der Waals surface area (Å²) < 4.78 is 43.8. The van der Waals surface area contributed by atoms with Gasteiger partial charge in [0.15, 0.2) is 17.3 Å². The molecule has 0 amide bonds. The fourth-order valence-electron chi connectivity index (χ4n) is 0.916. The summed E-state index contributed by atoms with van der Waals surface area (Å²) in [4.78, 5) is 0. The number of hydrogen-bond donors (Lipinski definition) is 0. The van der Waals surface area contributed by atoms with Crippen LogP contribution in [0.1, 0.15) is 0 Å². The Morgan fingerprint density at radius 2 is 2.00 bits per heavy atom. The second-order valence-electron chi connectivity index (χ2n) is 2.56. The molecular weight excluding hydrogens is 211 g/mol. The molecule has 1 aromatic carbocycles. The van der Waals surface area contributed by atoms with E-state index in [0.29, 0.717) is 0 Å². The van der Waals surface area contributed by atoms with Gasteiger partial charge in [-0.1, -0.05) is 6.07 Å². The van der Waals surface area contributed by atoms with Crippen molar-refractivity contribution in [1.82, 2.24) is 0 Å². The standard InChI is InChI=1S/C8H9FO4S/c1-12-8-6(9)4-3-5-7(8)13-14(2,10)11/h3-5H,1-2H3. The maximum absolute atomic E-state index is 13.0. The highest BCUT2D eigenvalue weighted by Gasteiger charge is 2.13. The van der Waals surface area contributed by atoms with Gasteiger partial charge < -0.3 is 8.92 Å². The first-order chi connectivity index (χ1) is 6.44. The van der Waals surface area contributed by atoms with Crippen LogP contribution in [0, 0.1) is 5.82 Å². The average Bonchev–Trinajstić information content (AvgIpc) is 2.01. The van der Waals surface area contributed by atoms with Gasteiger partial charge in [0.1, 0.15) is 0 Å². The van der Waals surface area contributed by atoms with Gasteiger partial charge in [-0.15, -0.1) is 0 Å². The van der Waals surface area contributed by atoms with E-state index in [2.05, 4.69) is 8.92 Å². The van der Waals surface area contributed by atoms with Crippen molar-refractivity contribution in [2.75, 3.05) is 13.4 Å². The maximum atomic E-state index is 13.0. The molecule has 0 radical (unpaired) electrons. The first-order valence-corrected chi connectivity index (χ1v) is 5.47. The predicted molar refractivity (Wildman–Crippen MR) is 48.4 cm³/mol. The zero-order chi connectivity index (χ0) is 10.8. The van der Waals surface area contributed by atoms with Crippen molar-refractivity contribution in [3.05, 3.63) is 24.0 Å². The number of hydrogen-bond acceptors (Lipinski definition) is 4. The van der Waals surface area contributed by atoms with Crippen LogP contribution in [0.25, 0.3) is 0 Å². The number of rotatable bonds is 3. The van der Waals surface area contributed by atoms with Crippen molar-refractivity contribution < 1.29 is 21.7 Å². The van der Waals surface area contributed by atoms with Gasteiger partial charge in [0.2, 0.25) is 0 Å². The summed E-state index contributed by atoms with van der Waals surface area (Å²) in [5.74, 6) is -1.05. The lowest BCUT2D eigenvalue weighted by atomic mass is 10.3. The minimum absolute atomic E-state index is 0.157. The third-order valence-electron chi connectivity index (χ3n) is 1.38. The molecule has 0 fully saturated rings. The molecule has 0 atom stereocenters. The van der Waals surface area contributed by atoms with Crippen LogP contribution >= 0.6 is 0 Å². The highest BCUT2D eigenvalue weighted by Crippen LogP contribution is 2.30. The molecule has 1 rings (SSSR count). The lowest BCUT2D eigenvalue weighted by Crippen LogP contribution is -2.07. The number of benzene rings is 1. The molecular formula is C8H9FO4S. The lowest BCUT2D eigenvalue weighted by Gasteiger charge is -2.08. The number of para-hydroxylation sites is 1. The van der Waals surface area contributed by atoms with Gasteiger partial charge >= 0.3 is 10.1 Å². The van der Waals surface area contributed by atoms with Crippen molar-refractivity contribution in [1.29, 1.82) is 0 Å². The minimum atomic E-state index is -3.67. The van der Waals surface area contributed by atoms with Crippen molar-refractivity contribution in [3.8, 4) is 11.5 Å².